The zero-order valence-electron chi connectivity index (χ0n) is 11.3. The average molecular weight is 258 g/mol. The molecular formula is C15H18N2O2. The predicted octanol–water partition coefficient (Wildman–Crippen LogP) is 2.46. The molecule has 4 nitrogen and oxygen atoms in total. The zero-order valence-corrected chi connectivity index (χ0v) is 11.3. The molecule has 0 atom stereocenters. The third-order valence-corrected chi connectivity index (χ3v) is 3.74. The van der Waals surface area contributed by atoms with E-state index in [1.165, 1.54) is 0 Å². The van der Waals surface area contributed by atoms with Gasteiger partial charge in [0.05, 0.1) is 18.6 Å². The highest BCUT2D eigenvalue weighted by Gasteiger charge is 2.32. The van der Waals surface area contributed by atoms with Crippen molar-refractivity contribution in [2.45, 2.75) is 19.8 Å². The number of nitrogens with zero attached hydrogens (tertiary/aromatic N) is 2. The van der Waals surface area contributed by atoms with Crippen LogP contribution in [0.5, 0.6) is 5.75 Å². The number of likely N-dealkylation sites (tertiary alicyclic amines) is 1. The normalized spacial score (nSPS) is 17.6. The molecule has 19 heavy (non-hydrogen) atoms. The second-order valence-electron chi connectivity index (χ2n) is 5.20. The van der Waals surface area contributed by atoms with E-state index in [0.29, 0.717) is 24.4 Å². The van der Waals surface area contributed by atoms with Gasteiger partial charge in [-0.15, -0.1) is 0 Å². The molecule has 4 heteroatoms. The quantitative estimate of drug-likeness (QED) is 0.818. The first-order valence-corrected chi connectivity index (χ1v) is 6.42. The van der Waals surface area contributed by atoms with Crippen molar-refractivity contribution in [3.63, 3.8) is 0 Å². The lowest BCUT2D eigenvalue weighted by Crippen LogP contribution is -2.41. The maximum Gasteiger partial charge on any atom is 0.253 e. The lowest BCUT2D eigenvalue weighted by atomic mass is 9.82. The van der Waals surface area contributed by atoms with Gasteiger partial charge in [-0.1, -0.05) is 6.07 Å². The molecule has 0 radical (unpaired) electrons. The summed E-state index contributed by atoms with van der Waals surface area (Å²) in [6.45, 7) is 3.24. The summed E-state index contributed by atoms with van der Waals surface area (Å²) in [6, 6.07) is 9.52. The van der Waals surface area contributed by atoms with Crippen LogP contribution in [0.25, 0.3) is 0 Å². The van der Waals surface area contributed by atoms with E-state index < -0.39 is 0 Å². The van der Waals surface area contributed by atoms with E-state index in [1.807, 2.05) is 24.0 Å². The molecule has 100 valence electrons. The molecule has 1 amide bonds. The number of carbonyl (C=O) groups is 1. The highest BCUT2D eigenvalue weighted by molar-refractivity contribution is 5.94. The smallest absolute Gasteiger partial charge is 0.253 e. The SMILES string of the molecule is COc1cccc(C(=O)N2CCC(C)(C#N)CC2)c1. The lowest BCUT2D eigenvalue weighted by Gasteiger charge is -2.35. The molecule has 1 aliphatic heterocycles. The molecule has 1 heterocycles. The van der Waals surface area contributed by atoms with Crippen LogP contribution in [-0.4, -0.2) is 31.0 Å². The zero-order chi connectivity index (χ0) is 13.9. The van der Waals surface area contributed by atoms with Crippen LogP contribution in [0.1, 0.15) is 30.1 Å². The summed E-state index contributed by atoms with van der Waals surface area (Å²) in [5.41, 5.74) is 0.352. The van der Waals surface area contributed by atoms with Crippen LogP contribution in [0, 0.1) is 16.7 Å². The fraction of sp³-hybridized carbons (Fsp3) is 0.467. The van der Waals surface area contributed by atoms with Crippen molar-refractivity contribution in [2.75, 3.05) is 20.2 Å². The Labute approximate surface area is 113 Å². The van der Waals surface area contributed by atoms with Gasteiger partial charge in [0, 0.05) is 18.7 Å². The fourth-order valence-electron chi connectivity index (χ4n) is 2.25. The van der Waals surface area contributed by atoms with Gasteiger partial charge in [-0.2, -0.15) is 5.26 Å². The van der Waals surface area contributed by atoms with Crippen LogP contribution in [0.4, 0.5) is 0 Å². The Hall–Kier alpha value is -2.02. The van der Waals surface area contributed by atoms with Crippen LogP contribution in [0.2, 0.25) is 0 Å². The molecule has 0 spiro atoms. The molecule has 0 aliphatic carbocycles. The van der Waals surface area contributed by atoms with Crippen molar-refractivity contribution >= 4 is 5.91 Å². The van der Waals surface area contributed by atoms with Gasteiger partial charge in [-0.25, -0.2) is 0 Å². The third kappa shape index (κ3) is 2.87. The van der Waals surface area contributed by atoms with Crippen LogP contribution < -0.4 is 4.74 Å². The molecule has 1 aromatic carbocycles. The van der Waals surface area contributed by atoms with E-state index in [1.54, 1.807) is 19.2 Å². The molecule has 1 saturated heterocycles. The fourth-order valence-corrected chi connectivity index (χ4v) is 2.25. The maximum atomic E-state index is 12.4. The van der Waals surface area contributed by atoms with Gasteiger partial charge in [-0.3, -0.25) is 4.79 Å². The number of carbonyl (C=O) groups excluding carboxylic acids is 1. The molecule has 1 aromatic rings. The Morgan fingerprint density at radius 1 is 1.42 bits per heavy atom. The minimum absolute atomic E-state index is 0.0129. The second-order valence-corrected chi connectivity index (χ2v) is 5.20. The Morgan fingerprint density at radius 3 is 2.68 bits per heavy atom. The molecule has 1 fully saturated rings. The van der Waals surface area contributed by atoms with Crippen LogP contribution in [0.15, 0.2) is 24.3 Å². The number of benzene rings is 1. The van der Waals surface area contributed by atoms with Crippen molar-refractivity contribution in [3.05, 3.63) is 29.8 Å². The average Bonchev–Trinajstić information content (AvgIpc) is 2.47. The Morgan fingerprint density at radius 2 is 2.11 bits per heavy atom. The van der Waals surface area contributed by atoms with E-state index in [-0.39, 0.29) is 11.3 Å². The topological polar surface area (TPSA) is 53.3 Å². The van der Waals surface area contributed by atoms with Crippen LogP contribution in [0.3, 0.4) is 0 Å². The first-order valence-electron chi connectivity index (χ1n) is 6.42. The Balaban J connectivity index is 2.07. The summed E-state index contributed by atoms with van der Waals surface area (Å²) in [4.78, 5) is 14.2. The minimum atomic E-state index is -0.287. The number of nitriles is 1. The molecular weight excluding hydrogens is 240 g/mol. The van der Waals surface area contributed by atoms with Gasteiger partial charge in [0.15, 0.2) is 0 Å². The number of hydrogen-bond acceptors (Lipinski definition) is 3. The molecule has 1 aliphatic rings. The van der Waals surface area contributed by atoms with Crippen molar-refractivity contribution in [1.82, 2.24) is 4.90 Å². The van der Waals surface area contributed by atoms with E-state index in [0.717, 1.165) is 12.8 Å². The van der Waals surface area contributed by atoms with Crippen molar-refractivity contribution in [2.24, 2.45) is 5.41 Å². The maximum absolute atomic E-state index is 12.4. The van der Waals surface area contributed by atoms with Gasteiger partial charge in [0.1, 0.15) is 5.75 Å². The Kier molecular flexibility index (Phi) is 3.75. The summed E-state index contributed by atoms with van der Waals surface area (Å²) in [5.74, 6) is 0.698. The monoisotopic (exact) mass is 258 g/mol. The number of rotatable bonds is 2. The minimum Gasteiger partial charge on any atom is -0.497 e. The molecule has 0 aromatic heterocycles. The highest BCUT2D eigenvalue weighted by Crippen LogP contribution is 2.30. The summed E-state index contributed by atoms with van der Waals surface area (Å²) < 4.78 is 5.13. The van der Waals surface area contributed by atoms with Gasteiger partial charge >= 0.3 is 0 Å². The van der Waals surface area contributed by atoms with E-state index in [9.17, 15) is 4.79 Å². The number of piperidine rings is 1. The van der Waals surface area contributed by atoms with Gasteiger partial charge in [0.2, 0.25) is 0 Å². The highest BCUT2D eigenvalue weighted by atomic mass is 16.5. The second kappa shape index (κ2) is 5.31. The number of hydrogen-bond donors (Lipinski definition) is 0. The molecule has 2 rings (SSSR count). The standard InChI is InChI=1S/C15H18N2O2/c1-15(11-16)6-8-17(9-7-15)14(18)12-4-3-5-13(10-12)19-2/h3-5,10H,6-9H2,1-2H3. The number of amides is 1. The molecule has 0 bridgehead atoms. The number of methoxy groups -OCH3 is 1. The molecule has 0 N–H and O–H groups in total. The van der Waals surface area contributed by atoms with Crippen molar-refractivity contribution in [3.8, 4) is 11.8 Å². The molecule has 0 unspecified atom stereocenters. The summed E-state index contributed by atoms with van der Waals surface area (Å²) in [7, 11) is 1.59. The van der Waals surface area contributed by atoms with E-state index in [4.69, 9.17) is 10.00 Å². The van der Waals surface area contributed by atoms with Gasteiger partial charge in [0.25, 0.3) is 5.91 Å². The lowest BCUT2D eigenvalue weighted by molar-refractivity contribution is 0.0661. The molecule has 0 saturated carbocycles. The Bertz CT molecular complexity index is 511. The summed E-state index contributed by atoms with van der Waals surface area (Å²) >= 11 is 0. The van der Waals surface area contributed by atoms with Crippen LogP contribution in [-0.2, 0) is 0 Å². The van der Waals surface area contributed by atoms with Gasteiger partial charge < -0.3 is 9.64 Å². The first-order chi connectivity index (χ1) is 9.08. The summed E-state index contributed by atoms with van der Waals surface area (Å²) in [5, 5.41) is 9.09. The largest absolute Gasteiger partial charge is 0.497 e. The summed E-state index contributed by atoms with van der Waals surface area (Å²) in [6.07, 6.45) is 1.47. The third-order valence-electron chi connectivity index (χ3n) is 3.74. The van der Waals surface area contributed by atoms with E-state index in [2.05, 4.69) is 6.07 Å². The van der Waals surface area contributed by atoms with E-state index >= 15 is 0 Å². The van der Waals surface area contributed by atoms with Crippen LogP contribution >= 0.6 is 0 Å². The first kappa shape index (κ1) is 13.4. The van der Waals surface area contributed by atoms with Crippen molar-refractivity contribution in [1.29, 1.82) is 5.26 Å². The van der Waals surface area contributed by atoms with Crippen molar-refractivity contribution < 1.29 is 9.53 Å². The van der Waals surface area contributed by atoms with Gasteiger partial charge in [-0.05, 0) is 38.0 Å². The number of ether oxygens (including phenoxy) is 1. The predicted molar refractivity (Wildman–Crippen MR) is 71.9 cm³/mol.